The lowest BCUT2D eigenvalue weighted by Gasteiger charge is -2.17. The Balaban J connectivity index is 1.28. The maximum Gasteiger partial charge on any atom is 0.160 e. The number of fused-ring (bicyclic) bond motifs is 9. The van der Waals surface area contributed by atoms with Gasteiger partial charge in [-0.25, -0.2) is 15.0 Å². The number of nitrogens with zero attached hydrogens (tertiary/aromatic N) is 3. The summed E-state index contributed by atoms with van der Waals surface area (Å²) in [5, 5.41) is 10.9. The van der Waals surface area contributed by atoms with E-state index in [1.807, 2.05) is 36.4 Å². The fourth-order valence-corrected chi connectivity index (χ4v) is 7.46. The molecule has 3 heteroatoms. The van der Waals surface area contributed by atoms with Gasteiger partial charge < -0.3 is 0 Å². The van der Waals surface area contributed by atoms with Crippen molar-refractivity contribution in [1.82, 2.24) is 15.0 Å². The predicted molar refractivity (Wildman–Crippen MR) is 209 cm³/mol. The smallest absolute Gasteiger partial charge is 0.160 e. The molecule has 0 saturated heterocycles. The van der Waals surface area contributed by atoms with Crippen molar-refractivity contribution in [2.75, 3.05) is 0 Å². The predicted octanol–water partition coefficient (Wildman–Crippen LogP) is 12.3. The van der Waals surface area contributed by atoms with Gasteiger partial charge in [-0.15, -0.1) is 0 Å². The van der Waals surface area contributed by atoms with Crippen LogP contribution in [0.4, 0.5) is 0 Å². The molecule has 0 saturated carbocycles. The normalized spacial score (nSPS) is 11.6. The Morgan fingerprint density at radius 3 is 1.54 bits per heavy atom. The van der Waals surface area contributed by atoms with E-state index in [9.17, 15) is 0 Å². The summed E-state index contributed by atoms with van der Waals surface area (Å²) in [5.74, 6) is 0.679. The van der Waals surface area contributed by atoms with Crippen LogP contribution >= 0.6 is 0 Å². The minimum Gasteiger partial charge on any atom is -0.247 e. The van der Waals surface area contributed by atoms with E-state index < -0.39 is 0 Å². The highest BCUT2D eigenvalue weighted by Crippen LogP contribution is 2.44. The Bertz CT molecular complexity index is 2850. The van der Waals surface area contributed by atoms with Crippen LogP contribution in [0.3, 0.4) is 0 Å². The molecule has 8 aromatic carbocycles. The summed E-state index contributed by atoms with van der Waals surface area (Å²) < 4.78 is 0. The van der Waals surface area contributed by atoms with Crippen LogP contribution in [0.15, 0.2) is 176 Å². The zero-order valence-electron chi connectivity index (χ0n) is 27.1. The Labute approximate surface area is 289 Å². The van der Waals surface area contributed by atoms with E-state index in [2.05, 4.69) is 140 Å². The summed E-state index contributed by atoms with van der Waals surface area (Å²) in [5.41, 5.74) is 7.77. The summed E-state index contributed by atoms with van der Waals surface area (Å²) in [6.45, 7) is 0. The first kappa shape index (κ1) is 28.3. The Hall–Kier alpha value is -6.71. The summed E-state index contributed by atoms with van der Waals surface area (Å²) in [4.78, 5) is 15.7. The van der Waals surface area contributed by atoms with Crippen molar-refractivity contribution < 1.29 is 0 Å². The van der Waals surface area contributed by atoms with Gasteiger partial charge in [0, 0.05) is 38.4 Å². The molecule has 2 aromatic heterocycles. The van der Waals surface area contributed by atoms with E-state index in [0.717, 1.165) is 55.6 Å². The third-order valence-corrected chi connectivity index (χ3v) is 9.79. The molecule has 0 fully saturated rings. The van der Waals surface area contributed by atoms with Gasteiger partial charge in [-0.2, -0.15) is 0 Å². The second-order valence-electron chi connectivity index (χ2n) is 12.8. The first-order valence-electron chi connectivity index (χ1n) is 16.9. The van der Waals surface area contributed by atoms with E-state index in [4.69, 9.17) is 15.0 Å². The highest BCUT2D eigenvalue weighted by molar-refractivity contribution is 6.34. The van der Waals surface area contributed by atoms with Crippen molar-refractivity contribution in [2.45, 2.75) is 0 Å². The van der Waals surface area contributed by atoms with Crippen molar-refractivity contribution in [3.8, 4) is 45.2 Å². The van der Waals surface area contributed by atoms with E-state index in [1.54, 1.807) is 0 Å². The number of aromatic nitrogens is 3. The summed E-state index contributed by atoms with van der Waals surface area (Å²) >= 11 is 0. The standard InChI is InChI=1S/C47H29N3/c1-3-14-30(15-4-1)42-29-43(31-16-5-2-6-17-31)50-47(49-42)35-21-13-20-34(26-35)46-45-40-28-33-19-8-7-18-32(33)27-39(40)36-22-9-10-23-37(36)44(45)38-24-11-12-25-41(38)48-46/h1-29H. The molecule has 0 aliphatic rings. The number of hydrogen-bond acceptors (Lipinski definition) is 3. The molecule has 232 valence electrons. The van der Waals surface area contributed by atoms with Crippen LogP contribution in [0.25, 0.3) is 99.2 Å². The van der Waals surface area contributed by atoms with Gasteiger partial charge in [-0.05, 0) is 62.6 Å². The molecule has 0 unspecified atom stereocenters. The minimum absolute atomic E-state index is 0.679. The van der Waals surface area contributed by atoms with Crippen LogP contribution in [0, 0.1) is 0 Å². The van der Waals surface area contributed by atoms with Gasteiger partial charge >= 0.3 is 0 Å². The lowest BCUT2D eigenvalue weighted by molar-refractivity contribution is 1.18. The monoisotopic (exact) mass is 635 g/mol. The number of benzene rings is 8. The van der Waals surface area contributed by atoms with Crippen LogP contribution in [0.2, 0.25) is 0 Å². The molecule has 0 spiro atoms. The number of pyridine rings is 1. The van der Waals surface area contributed by atoms with E-state index in [-0.39, 0.29) is 0 Å². The molecule has 0 aliphatic heterocycles. The van der Waals surface area contributed by atoms with Crippen LogP contribution in [-0.4, -0.2) is 15.0 Å². The van der Waals surface area contributed by atoms with Gasteiger partial charge in [0.05, 0.1) is 22.6 Å². The van der Waals surface area contributed by atoms with Gasteiger partial charge in [-0.1, -0.05) is 146 Å². The lowest BCUT2D eigenvalue weighted by atomic mass is 9.88. The van der Waals surface area contributed by atoms with E-state index >= 15 is 0 Å². The molecular weight excluding hydrogens is 607 g/mol. The zero-order valence-corrected chi connectivity index (χ0v) is 27.1. The topological polar surface area (TPSA) is 38.7 Å². The van der Waals surface area contributed by atoms with Crippen molar-refractivity contribution >= 4 is 54.0 Å². The molecule has 10 rings (SSSR count). The first-order chi connectivity index (χ1) is 24.8. The maximum atomic E-state index is 5.43. The molecule has 2 heterocycles. The molecule has 50 heavy (non-hydrogen) atoms. The Morgan fingerprint density at radius 1 is 0.300 bits per heavy atom. The van der Waals surface area contributed by atoms with E-state index in [1.165, 1.54) is 37.7 Å². The fourth-order valence-electron chi connectivity index (χ4n) is 7.46. The van der Waals surface area contributed by atoms with Crippen LogP contribution < -0.4 is 0 Å². The van der Waals surface area contributed by atoms with Crippen molar-refractivity contribution in [1.29, 1.82) is 0 Å². The summed E-state index contributed by atoms with van der Waals surface area (Å²) in [6, 6.07) is 62.0. The van der Waals surface area contributed by atoms with Gasteiger partial charge in [0.2, 0.25) is 0 Å². The lowest BCUT2D eigenvalue weighted by Crippen LogP contribution is -1.97. The largest absolute Gasteiger partial charge is 0.247 e. The second-order valence-corrected chi connectivity index (χ2v) is 12.8. The quantitative estimate of drug-likeness (QED) is 0.143. The van der Waals surface area contributed by atoms with Gasteiger partial charge in [0.25, 0.3) is 0 Å². The highest BCUT2D eigenvalue weighted by Gasteiger charge is 2.19. The maximum absolute atomic E-state index is 5.43. The third-order valence-electron chi connectivity index (χ3n) is 9.79. The highest BCUT2D eigenvalue weighted by atomic mass is 14.9. The summed E-state index contributed by atoms with van der Waals surface area (Å²) in [7, 11) is 0. The van der Waals surface area contributed by atoms with E-state index in [0.29, 0.717) is 5.82 Å². The molecular formula is C47H29N3. The van der Waals surface area contributed by atoms with Gasteiger partial charge in [0.1, 0.15) is 0 Å². The number of rotatable bonds is 4. The SMILES string of the molecule is c1ccc(-c2cc(-c3ccccc3)nc(-c3cccc(-c4nc5ccccc5c5c6ccccc6c6cc7ccccc7cc6c45)c3)n2)cc1. The molecule has 10 aromatic rings. The van der Waals surface area contributed by atoms with Gasteiger partial charge in [0.15, 0.2) is 5.82 Å². The Morgan fingerprint density at radius 2 is 0.840 bits per heavy atom. The average Bonchev–Trinajstić information content (AvgIpc) is 3.20. The Kier molecular flexibility index (Phi) is 6.49. The number of para-hydroxylation sites is 1. The average molecular weight is 636 g/mol. The minimum atomic E-state index is 0.679. The fraction of sp³-hybridized carbons (Fsp3) is 0. The first-order valence-corrected chi connectivity index (χ1v) is 16.9. The van der Waals surface area contributed by atoms with Crippen LogP contribution in [0.1, 0.15) is 0 Å². The molecule has 0 radical (unpaired) electrons. The van der Waals surface area contributed by atoms with Crippen LogP contribution in [0.5, 0.6) is 0 Å². The van der Waals surface area contributed by atoms with Crippen molar-refractivity contribution in [3.63, 3.8) is 0 Å². The number of hydrogen-bond donors (Lipinski definition) is 0. The second kappa shape index (κ2) is 11.5. The van der Waals surface area contributed by atoms with Crippen molar-refractivity contribution in [3.05, 3.63) is 176 Å². The van der Waals surface area contributed by atoms with Gasteiger partial charge in [-0.3, -0.25) is 0 Å². The molecule has 3 nitrogen and oxygen atoms in total. The summed E-state index contributed by atoms with van der Waals surface area (Å²) in [6.07, 6.45) is 0. The molecule has 0 atom stereocenters. The molecule has 0 N–H and O–H groups in total. The van der Waals surface area contributed by atoms with Crippen molar-refractivity contribution in [2.24, 2.45) is 0 Å². The zero-order chi connectivity index (χ0) is 33.0. The van der Waals surface area contributed by atoms with Crippen LogP contribution in [-0.2, 0) is 0 Å². The molecule has 0 aliphatic carbocycles. The third kappa shape index (κ3) is 4.63. The molecule has 0 amide bonds. The molecule has 0 bridgehead atoms.